The first kappa shape index (κ1) is 12.8. The average molecular weight is 258 g/mol. The second-order valence-corrected chi connectivity index (χ2v) is 6.31. The fraction of sp³-hybridized carbons (Fsp3) is 0.900. The Kier molecular flexibility index (Phi) is 3.99. The van der Waals surface area contributed by atoms with E-state index in [1.807, 2.05) is 0 Å². The van der Waals surface area contributed by atoms with Crippen LogP contribution in [0.15, 0.2) is 0 Å². The zero-order valence-electron chi connectivity index (χ0n) is 9.80. The van der Waals surface area contributed by atoms with Crippen LogP contribution >= 0.6 is 0 Å². The molecule has 2 rings (SSSR count). The Bertz CT molecular complexity index is 397. The summed E-state index contributed by atoms with van der Waals surface area (Å²) in [6.45, 7) is 2.60. The number of nitrogens with one attached hydrogen (secondary N) is 1. The topological polar surface area (TPSA) is 76.4 Å². The van der Waals surface area contributed by atoms with Crippen LogP contribution in [0.3, 0.4) is 0 Å². The summed E-state index contributed by atoms with van der Waals surface area (Å²) in [5.74, 6) is 0. The minimum absolute atomic E-state index is 0.386. The van der Waals surface area contributed by atoms with Gasteiger partial charge in [-0.3, -0.25) is 0 Å². The maximum atomic E-state index is 12.4. The third kappa shape index (κ3) is 2.60. The quantitative estimate of drug-likeness (QED) is 0.725. The molecule has 0 saturated carbocycles. The van der Waals surface area contributed by atoms with E-state index < -0.39 is 16.3 Å². The highest BCUT2D eigenvalue weighted by molar-refractivity contribution is 7.86. The Morgan fingerprint density at radius 2 is 1.88 bits per heavy atom. The Balaban J connectivity index is 2.15. The summed E-state index contributed by atoms with van der Waals surface area (Å²) in [4.78, 5) is 0. The molecule has 1 N–H and O–H groups in total. The summed E-state index contributed by atoms with van der Waals surface area (Å²) in [5.41, 5.74) is 0. The van der Waals surface area contributed by atoms with Crippen molar-refractivity contribution in [3.63, 3.8) is 0 Å². The number of piperazine rings is 1. The maximum absolute atomic E-state index is 12.4. The van der Waals surface area contributed by atoms with Gasteiger partial charge in [-0.05, 0) is 12.8 Å². The molecule has 1 atom stereocenters. The van der Waals surface area contributed by atoms with Crippen molar-refractivity contribution in [2.24, 2.45) is 0 Å². The Morgan fingerprint density at radius 1 is 1.18 bits per heavy atom. The van der Waals surface area contributed by atoms with Gasteiger partial charge in [0, 0.05) is 32.7 Å². The molecule has 0 aliphatic carbocycles. The molecule has 0 aromatic heterocycles. The van der Waals surface area contributed by atoms with E-state index in [-0.39, 0.29) is 0 Å². The van der Waals surface area contributed by atoms with Gasteiger partial charge in [0.05, 0.1) is 6.07 Å². The van der Waals surface area contributed by atoms with Gasteiger partial charge in [-0.25, -0.2) is 0 Å². The molecule has 2 heterocycles. The van der Waals surface area contributed by atoms with Gasteiger partial charge >= 0.3 is 0 Å². The summed E-state index contributed by atoms with van der Waals surface area (Å²) in [5, 5.41) is 12.1. The molecule has 96 valence electrons. The molecule has 6 nitrogen and oxygen atoms in total. The van der Waals surface area contributed by atoms with Crippen LogP contribution in [-0.2, 0) is 10.2 Å². The fourth-order valence-electron chi connectivity index (χ4n) is 2.32. The molecule has 7 heteroatoms. The number of piperidine rings is 1. The zero-order valence-corrected chi connectivity index (χ0v) is 10.6. The molecule has 2 aliphatic heterocycles. The van der Waals surface area contributed by atoms with Crippen molar-refractivity contribution in [3.05, 3.63) is 0 Å². The van der Waals surface area contributed by atoms with E-state index >= 15 is 0 Å². The Hall–Kier alpha value is -0.680. The SMILES string of the molecule is N#CC1CNCCN1S(=O)(=O)N1CCCCC1. The fourth-order valence-corrected chi connectivity index (χ4v) is 4.10. The molecule has 2 saturated heterocycles. The van der Waals surface area contributed by atoms with Gasteiger partial charge in [0.15, 0.2) is 0 Å². The third-order valence-electron chi connectivity index (χ3n) is 3.28. The first-order valence-corrected chi connectivity index (χ1v) is 7.43. The van der Waals surface area contributed by atoms with Gasteiger partial charge < -0.3 is 5.32 Å². The minimum Gasteiger partial charge on any atom is -0.313 e. The van der Waals surface area contributed by atoms with Crippen molar-refractivity contribution in [1.29, 1.82) is 5.26 Å². The Labute approximate surface area is 102 Å². The van der Waals surface area contributed by atoms with E-state index in [1.165, 1.54) is 8.61 Å². The lowest BCUT2D eigenvalue weighted by molar-refractivity contribution is 0.263. The monoisotopic (exact) mass is 258 g/mol. The predicted molar refractivity (Wildman–Crippen MR) is 63.3 cm³/mol. The summed E-state index contributed by atoms with van der Waals surface area (Å²) in [6.07, 6.45) is 2.93. The Morgan fingerprint density at radius 3 is 2.53 bits per heavy atom. The van der Waals surface area contributed by atoms with E-state index in [0.29, 0.717) is 32.7 Å². The van der Waals surface area contributed by atoms with Crippen LogP contribution in [0.25, 0.3) is 0 Å². The van der Waals surface area contributed by atoms with E-state index in [2.05, 4.69) is 11.4 Å². The molecule has 1 unspecified atom stereocenters. The van der Waals surface area contributed by atoms with Gasteiger partial charge in [-0.2, -0.15) is 22.3 Å². The van der Waals surface area contributed by atoms with Crippen LogP contribution in [0.1, 0.15) is 19.3 Å². The largest absolute Gasteiger partial charge is 0.313 e. The molecule has 0 aromatic rings. The summed E-state index contributed by atoms with van der Waals surface area (Å²) < 4.78 is 27.6. The maximum Gasteiger partial charge on any atom is 0.283 e. The molecular weight excluding hydrogens is 240 g/mol. The molecule has 0 spiro atoms. The van der Waals surface area contributed by atoms with Crippen LogP contribution in [-0.4, -0.2) is 55.8 Å². The van der Waals surface area contributed by atoms with E-state index in [4.69, 9.17) is 5.26 Å². The van der Waals surface area contributed by atoms with Crippen LogP contribution in [0.2, 0.25) is 0 Å². The van der Waals surface area contributed by atoms with Crippen molar-refractivity contribution >= 4 is 10.2 Å². The van der Waals surface area contributed by atoms with Crippen LogP contribution in [0.4, 0.5) is 0 Å². The lowest BCUT2D eigenvalue weighted by Crippen LogP contribution is -2.57. The smallest absolute Gasteiger partial charge is 0.283 e. The van der Waals surface area contributed by atoms with Gasteiger partial charge in [-0.1, -0.05) is 6.42 Å². The van der Waals surface area contributed by atoms with Gasteiger partial charge in [0.1, 0.15) is 6.04 Å². The first-order valence-electron chi connectivity index (χ1n) is 6.03. The van der Waals surface area contributed by atoms with Crippen molar-refractivity contribution in [1.82, 2.24) is 13.9 Å². The molecule has 17 heavy (non-hydrogen) atoms. The lowest BCUT2D eigenvalue weighted by atomic mass is 10.2. The van der Waals surface area contributed by atoms with Crippen molar-refractivity contribution in [2.75, 3.05) is 32.7 Å². The third-order valence-corrected chi connectivity index (χ3v) is 5.33. The summed E-state index contributed by atoms with van der Waals surface area (Å²) in [7, 11) is -3.44. The molecule has 0 aromatic carbocycles. The van der Waals surface area contributed by atoms with Gasteiger partial charge in [-0.15, -0.1) is 0 Å². The summed E-state index contributed by atoms with van der Waals surface area (Å²) in [6, 6.07) is 1.48. The second-order valence-electron chi connectivity index (χ2n) is 4.43. The highest BCUT2D eigenvalue weighted by atomic mass is 32.2. The molecule has 0 bridgehead atoms. The molecule has 2 aliphatic rings. The van der Waals surface area contributed by atoms with Gasteiger partial charge in [0.2, 0.25) is 0 Å². The zero-order chi connectivity index (χ0) is 12.3. The lowest BCUT2D eigenvalue weighted by Gasteiger charge is -2.36. The van der Waals surface area contributed by atoms with Crippen molar-refractivity contribution < 1.29 is 8.42 Å². The van der Waals surface area contributed by atoms with Crippen molar-refractivity contribution in [3.8, 4) is 6.07 Å². The standard InChI is InChI=1S/C10H18N4O2S/c11-8-10-9-12-4-7-14(10)17(15,16)13-5-2-1-3-6-13/h10,12H,1-7,9H2. The second kappa shape index (κ2) is 5.31. The number of nitrogens with zero attached hydrogens (tertiary/aromatic N) is 3. The van der Waals surface area contributed by atoms with Crippen LogP contribution in [0, 0.1) is 11.3 Å². The minimum atomic E-state index is -3.44. The molecular formula is C10H18N4O2S. The summed E-state index contributed by atoms with van der Waals surface area (Å²) >= 11 is 0. The average Bonchev–Trinajstić information content (AvgIpc) is 2.39. The number of nitriles is 1. The highest BCUT2D eigenvalue weighted by Crippen LogP contribution is 2.19. The van der Waals surface area contributed by atoms with Gasteiger partial charge in [0.25, 0.3) is 10.2 Å². The van der Waals surface area contributed by atoms with E-state index in [9.17, 15) is 8.42 Å². The number of rotatable bonds is 2. The predicted octanol–water partition coefficient (Wildman–Crippen LogP) is -0.486. The van der Waals surface area contributed by atoms with E-state index in [1.54, 1.807) is 0 Å². The molecule has 0 amide bonds. The number of hydrogen-bond acceptors (Lipinski definition) is 4. The van der Waals surface area contributed by atoms with E-state index in [0.717, 1.165) is 19.3 Å². The number of hydrogen-bond donors (Lipinski definition) is 1. The highest BCUT2D eigenvalue weighted by Gasteiger charge is 2.36. The normalized spacial score (nSPS) is 28.8. The first-order chi connectivity index (χ1) is 8.16. The van der Waals surface area contributed by atoms with Crippen LogP contribution in [0.5, 0.6) is 0 Å². The molecule has 2 fully saturated rings. The molecule has 0 radical (unpaired) electrons. The van der Waals surface area contributed by atoms with Crippen LogP contribution < -0.4 is 5.32 Å². The van der Waals surface area contributed by atoms with Crippen molar-refractivity contribution in [2.45, 2.75) is 25.3 Å².